The quantitative estimate of drug-likeness (QED) is 0.151. The van der Waals surface area contributed by atoms with Gasteiger partial charge >= 0.3 is 0 Å². The third kappa shape index (κ3) is 5.66. The van der Waals surface area contributed by atoms with Crippen molar-refractivity contribution in [3.8, 4) is 44.5 Å². The van der Waals surface area contributed by atoms with Crippen molar-refractivity contribution in [1.82, 2.24) is 0 Å². The average Bonchev–Trinajstić information content (AvgIpc) is 3.67. The molecule has 0 fully saturated rings. The molecule has 0 aliphatic rings. The summed E-state index contributed by atoms with van der Waals surface area (Å²) < 4.78 is 6.50. The molecule has 0 unspecified atom stereocenters. The van der Waals surface area contributed by atoms with Crippen molar-refractivity contribution in [2.45, 2.75) is 0 Å². The van der Waals surface area contributed by atoms with Gasteiger partial charge in [-0.05, 0) is 96.9 Å². The summed E-state index contributed by atoms with van der Waals surface area (Å²) >= 11 is 0. The van der Waals surface area contributed by atoms with Crippen molar-refractivity contribution in [2.75, 3.05) is 4.90 Å². The predicted molar refractivity (Wildman–Crippen MR) is 245 cm³/mol. The van der Waals surface area contributed by atoms with E-state index in [1.54, 1.807) is 0 Å². The number of para-hydroxylation sites is 2. The molecular weight excluding hydrogens is 703 g/mol. The van der Waals surface area contributed by atoms with Gasteiger partial charge < -0.3 is 9.32 Å². The number of rotatable bonds is 7. The Bertz CT molecular complexity index is 3290. The molecule has 0 saturated carbocycles. The second kappa shape index (κ2) is 14.1. The molecule has 0 amide bonds. The second-order valence-electron chi connectivity index (χ2n) is 14.8. The molecule has 1 heterocycles. The molecule has 0 saturated heterocycles. The minimum Gasteiger partial charge on any atom is -0.456 e. The Morgan fingerprint density at radius 1 is 0.276 bits per heavy atom. The van der Waals surface area contributed by atoms with Crippen LogP contribution in [0, 0.1) is 0 Å². The van der Waals surface area contributed by atoms with Crippen LogP contribution in [0.3, 0.4) is 0 Å². The minimum absolute atomic E-state index is 0.859. The van der Waals surface area contributed by atoms with E-state index in [1.165, 1.54) is 49.4 Å². The van der Waals surface area contributed by atoms with E-state index in [4.69, 9.17) is 4.42 Å². The van der Waals surface area contributed by atoms with Gasteiger partial charge in [-0.3, -0.25) is 0 Å². The molecule has 2 heteroatoms. The van der Waals surface area contributed by atoms with Gasteiger partial charge in [-0.25, -0.2) is 0 Å². The molecule has 0 aliphatic carbocycles. The summed E-state index contributed by atoms with van der Waals surface area (Å²) in [6.07, 6.45) is 0. The maximum absolute atomic E-state index is 6.50. The number of fused-ring (bicyclic) bond motifs is 6. The first-order valence-corrected chi connectivity index (χ1v) is 19.8. The van der Waals surface area contributed by atoms with E-state index in [9.17, 15) is 0 Å². The zero-order chi connectivity index (χ0) is 38.4. The SMILES string of the molecule is c1ccc(-c2ccccc2-c2c(-c3cccc(N(c4ccc5c(c4)oc4ccccc45)c4ccccc4-c4ccccc4)c3)c3ccccc3c3ccccc23)cc1. The van der Waals surface area contributed by atoms with Crippen molar-refractivity contribution in [3.05, 3.63) is 224 Å². The summed E-state index contributed by atoms with van der Waals surface area (Å²) in [6.45, 7) is 0. The fourth-order valence-electron chi connectivity index (χ4n) is 8.90. The normalized spacial score (nSPS) is 11.4. The van der Waals surface area contributed by atoms with Crippen LogP contribution in [0.15, 0.2) is 229 Å². The summed E-state index contributed by atoms with van der Waals surface area (Å²) in [6, 6.07) is 80.7. The van der Waals surface area contributed by atoms with Gasteiger partial charge in [-0.15, -0.1) is 0 Å². The summed E-state index contributed by atoms with van der Waals surface area (Å²) in [5.74, 6) is 0. The van der Waals surface area contributed by atoms with Crippen LogP contribution in [0.5, 0.6) is 0 Å². The van der Waals surface area contributed by atoms with Crippen molar-refractivity contribution in [2.24, 2.45) is 0 Å². The fourth-order valence-corrected chi connectivity index (χ4v) is 8.90. The highest BCUT2D eigenvalue weighted by molar-refractivity contribution is 6.22. The van der Waals surface area contributed by atoms with Gasteiger partial charge in [0, 0.05) is 33.8 Å². The van der Waals surface area contributed by atoms with Crippen LogP contribution in [-0.2, 0) is 0 Å². The van der Waals surface area contributed by atoms with E-state index >= 15 is 0 Å². The van der Waals surface area contributed by atoms with Gasteiger partial charge in [0.1, 0.15) is 11.2 Å². The average molecular weight is 740 g/mol. The van der Waals surface area contributed by atoms with E-state index in [1.807, 2.05) is 12.1 Å². The first kappa shape index (κ1) is 33.6. The molecule has 0 aliphatic heterocycles. The number of hydrogen-bond acceptors (Lipinski definition) is 2. The van der Waals surface area contributed by atoms with Crippen LogP contribution in [0.25, 0.3) is 88.0 Å². The topological polar surface area (TPSA) is 16.4 Å². The molecule has 11 rings (SSSR count). The lowest BCUT2D eigenvalue weighted by Gasteiger charge is -2.28. The number of nitrogens with zero attached hydrogens (tertiary/aromatic N) is 1. The summed E-state index contributed by atoms with van der Waals surface area (Å²) in [4.78, 5) is 2.39. The van der Waals surface area contributed by atoms with Crippen molar-refractivity contribution in [1.29, 1.82) is 0 Å². The molecule has 11 aromatic rings. The smallest absolute Gasteiger partial charge is 0.137 e. The lowest BCUT2D eigenvalue weighted by atomic mass is 9.82. The molecule has 272 valence electrons. The van der Waals surface area contributed by atoms with Crippen molar-refractivity contribution < 1.29 is 4.42 Å². The van der Waals surface area contributed by atoms with E-state index in [-0.39, 0.29) is 0 Å². The molecule has 58 heavy (non-hydrogen) atoms. The van der Waals surface area contributed by atoms with Crippen LogP contribution in [0.1, 0.15) is 0 Å². The number of furan rings is 1. The largest absolute Gasteiger partial charge is 0.456 e. The first-order chi connectivity index (χ1) is 28.8. The maximum Gasteiger partial charge on any atom is 0.137 e. The van der Waals surface area contributed by atoms with Gasteiger partial charge in [0.2, 0.25) is 0 Å². The van der Waals surface area contributed by atoms with Crippen LogP contribution in [0.2, 0.25) is 0 Å². The highest BCUT2D eigenvalue weighted by Crippen LogP contribution is 2.49. The highest BCUT2D eigenvalue weighted by atomic mass is 16.3. The maximum atomic E-state index is 6.50. The monoisotopic (exact) mass is 739 g/mol. The Morgan fingerprint density at radius 2 is 0.776 bits per heavy atom. The number of hydrogen-bond donors (Lipinski definition) is 0. The van der Waals surface area contributed by atoms with E-state index in [0.717, 1.165) is 55.7 Å². The number of anilines is 3. The predicted octanol–water partition coefficient (Wildman–Crippen LogP) is 16.0. The van der Waals surface area contributed by atoms with E-state index in [0.29, 0.717) is 0 Å². The Morgan fingerprint density at radius 3 is 1.50 bits per heavy atom. The minimum atomic E-state index is 0.859. The Balaban J connectivity index is 1.20. The van der Waals surface area contributed by atoms with Crippen LogP contribution >= 0.6 is 0 Å². The Hall–Kier alpha value is -7.68. The molecule has 0 bridgehead atoms. The molecule has 0 radical (unpaired) electrons. The zero-order valence-corrected chi connectivity index (χ0v) is 31.7. The van der Waals surface area contributed by atoms with Gasteiger partial charge in [0.15, 0.2) is 0 Å². The summed E-state index contributed by atoms with van der Waals surface area (Å²) in [7, 11) is 0. The third-order valence-corrected chi connectivity index (χ3v) is 11.5. The van der Waals surface area contributed by atoms with Gasteiger partial charge in [0.25, 0.3) is 0 Å². The van der Waals surface area contributed by atoms with Gasteiger partial charge in [-0.2, -0.15) is 0 Å². The van der Waals surface area contributed by atoms with Crippen LogP contribution in [0.4, 0.5) is 17.1 Å². The molecule has 0 N–H and O–H groups in total. The Labute approximate surface area is 337 Å². The standard InChI is InChI=1S/C56H37NO/c1-3-18-38(19-4-1)43-24-7-10-29-49(43)56-51-31-12-9-27-46(51)45-26-8-11-30-50(45)55(56)40-22-17-23-41(36-40)57(52-32-15-13-25-44(52)39-20-5-2-6-21-39)42-34-35-48-47-28-14-16-33-53(47)58-54(48)37-42/h1-37H. The van der Waals surface area contributed by atoms with Crippen molar-refractivity contribution in [3.63, 3.8) is 0 Å². The molecule has 1 aromatic heterocycles. The summed E-state index contributed by atoms with van der Waals surface area (Å²) in [5.41, 5.74) is 14.4. The lowest BCUT2D eigenvalue weighted by Crippen LogP contribution is -2.11. The molecule has 10 aromatic carbocycles. The van der Waals surface area contributed by atoms with Gasteiger partial charge in [0.05, 0.1) is 5.69 Å². The lowest BCUT2D eigenvalue weighted by molar-refractivity contribution is 0.669. The molecule has 0 atom stereocenters. The van der Waals surface area contributed by atoms with Crippen LogP contribution < -0.4 is 4.90 Å². The highest BCUT2D eigenvalue weighted by Gasteiger charge is 2.23. The molecular formula is C56H37NO. The Kier molecular flexibility index (Phi) is 8.19. The third-order valence-electron chi connectivity index (χ3n) is 11.5. The van der Waals surface area contributed by atoms with Gasteiger partial charge in [-0.1, -0.05) is 182 Å². The fraction of sp³-hybridized carbons (Fsp3) is 0. The summed E-state index contributed by atoms with van der Waals surface area (Å²) in [5, 5.41) is 7.15. The number of benzene rings is 10. The van der Waals surface area contributed by atoms with E-state index < -0.39 is 0 Å². The first-order valence-electron chi connectivity index (χ1n) is 19.8. The van der Waals surface area contributed by atoms with E-state index in [2.05, 4.69) is 217 Å². The zero-order valence-electron chi connectivity index (χ0n) is 31.7. The van der Waals surface area contributed by atoms with Crippen LogP contribution in [-0.4, -0.2) is 0 Å². The molecule has 0 spiro atoms. The second-order valence-corrected chi connectivity index (χ2v) is 14.8. The molecule has 2 nitrogen and oxygen atoms in total. The van der Waals surface area contributed by atoms with Crippen molar-refractivity contribution >= 4 is 60.5 Å².